The summed E-state index contributed by atoms with van der Waals surface area (Å²) in [5, 5.41) is 7.12. The molecule has 0 bridgehead atoms. The van der Waals surface area contributed by atoms with Crippen LogP contribution in [0.5, 0.6) is 5.75 Å². The van der Waals surface area contributed by atoms with Gasteiger partial charge in [-0.15, -0.1) is 0 Å². The number of carbonyl (C=O) groups is 2. The van der Waals surface area contributed by atoms with Crippen LogP contribution < -0.4 is 4.74 Å². The van der Waals surface area contributed by atoms with Gasteiger partial charge in [-0.25, -0.2) is 4.79 Å². The van der Waals surface area contributed by atoms with Crippen LogP contribution in [0.25, 0.3) is 0 Å². The molecule has 2 aromatic rings. The lowest BCUT2D eigenvalue weighted by atomic mass is 9.87. The van der Waals surface area contributed by atoms with Gasteiger partial charge < -0.3 is 14.7 Å². The lowest BCUT2D eigenvalue weighted by Crippen LogP contribution is -2.45. The van der Waals surface area contributed by atoms with Crippen molar-refractivity contribution in [2.75, 3.05) is 20.2 Å². The first-order chi connectivity index (χ1) is 16.6. The highest BCUT2D eigenvalue weighted by Gasteiger charge is 2.45. The van der Waals surface area contributed by atoms with Crippen LogP contribution in [0.1, 0.15) is 43.2 Å². The van der Waals surface area contributed by atoms with Gasteiger partial charge in [0.1, 0.15) is 5.75 Å². The summed E-state index contributed by atoms with van der Waals surface area (Å²) in [4.78, 5) is 26.3. The number of ether oxygens (including phenoxy) is 1. The number of carboxylic acid groups (broad SMARTS) is 1. The van der Waals surface area contributed by atoms with E-state index in [2.05, 4.69) is 46.2 Å². The van der Waals surface area contributed by atoms with Crippen LogP contribution in [0, 0.1) is 0 Å². The van der Waals surface area contributed by atoms with Gasteiger partial charge in [0, 0.05) is 31.6 Å². The Hall–Kier alpha value is -3.07. The summed E-state index contributed by atoms with van der Waals surface area (Å²) in [6.07, 6.45) is -0.0402. The van der Waals surface area contributed by atoms with E-state index in [0.717, 1.165) is 57.6 Å². The van der Waals surface area contributed by atoms with E-state index in [-0.39, 0.29) is 5.54 Å². The third-order valence-electron chi connectivity index (χ3n) is 6.68. The molecule has 0 aliphatic carbocycles. The molecule has 2 aliphatic heterocycles. The van der Waals surface area contributed by atoms with Gasteiger partial charge in [0.25, 0.3) is 0 Å². The quantitative estimate of drug-likeness (QED) is 0.645. The minimum atomic E-state index is -5.08. The van der Waals surface area contributed by atoms with Crippen molar-refractivity contribution in [3.8, 4) is 5.75 Å². The van der Waals surface area contributed by atoms with Crippen LogP contribution >= 0.6 is 0 Å². The van der Waals surface area contributed by atoms with Crippen molar-refractivity contribution in [2.24, 2.45) is 0 Å². The van der Waals surface area contributed by atoms with Gasteiger partial charge in [-0.2, -0.15) is 13.2 Å². The van der Waals surface area contributed by atoms with E-state index in [1.165, 1.54) is 11.1 Å². The first-order valence-electron chi connectivity index (χ1n) is 11.6. The fourth-order valence-electron chi connectivity index (χ4n) is 4.80. The maximum Gasteiger partial charge on any atom is 0.490 e. The standard InChI is InChI=1S/C24H30N2O2.C2HF3O2/c1-28-22-10-8-21(9-11-22)18-25-16-5-13-24(15-17-25)14-12-23(27)26(24)19-20-6-3-2-4-7-20;3-2(4,5)1(6)7/h2-4,6-11H,5,12-19H2,1H3;(H,6,7). The number of rotatable bonds is 5. The largest absolute Gasteiger partial charge is 0.497 e. The second-order valence-corrected chi connectivity index (χ2v) is 8.97. The third-order valence-corrected chi connectivity index (χ3v) is 6.68. The topological polar surface area (TPSA) is 70.1 Å². The van der Waals surface area contributed by atoms with Crippen LogP contribution in [0.2, 0.25) is 0 Å². The zero-order valence-corrected chi connectivity index (χ0v) is 19.8. The second-order valence-electron chi connectivity index (χ2n) is 8.97. The highest BCUT2D eigenvalue weighted by Crippen LogP contribution is 2.40. The van der Waals surface area contributed by atoms with E-state index in [1.54, 1.807) is 7.11 Å². The van der Waals surface area contributed by atoms with Crippen molar-refractivity contribution in [3.05, 3.63) is 65.7 Å². The minimum absolute atomic E-state index is 0.0432. The Labute approximate surface area is 203 Å². The normalized spacial score (nSPS) is 20.8. The molecule has 9 heteroatoms. The van der Waals surface area contributed by atoms with Gasteiger partial charge in [0.2, 0.25) is 5.91 Å². The number of benzene rings is 2. The predicted molar refractivity (Wildman–Crippen MR) is 125 cm³/mol. The Morgan fingerprint density at radius 1 is 0.971 bits per heavy atom. The number of likely N-dealkylation sites (tertiary alicyclic amines) is 2. The van der Waals surface area contributed by atoms with Crippen molar-refractivity contribution in [2.45, 2.75) is 56.9 Å². The van der Waals surface area contributed by atoms with Crippen LogP contribution in [-0.4, -0.2) is 58.7 Å². The lowest BCUT2D eigenvalue weighted by molar-refractivity contribution is -0.192. The molecule has 2 saturated heterocycles. The summed E-state index contributed by atoms with van der Waals surface area (Å²) in [5.41, 5.74) is 2.60. The number of hydrogen-bond donors (Lipinski definition) is 1. The van der Waals surface area contributed by atoms with E-state index in [1.807, 2.05) is 18.2 Å². The Kier molecular flexibility index (Phi) is 8.77. The molecule has 2 aromatic carbocycles. The molecule has 0 saturated carbocycles. The Bertz CT molecular complexity index is 982. The zero-order chi connectivity index (χ0) is 25.5. The summed E-state index contributed by atoms with van der Waals surface area (Å²) >= 11 is 0. The smallest absolute Gasteiger partial charge is 0.490 e. The summed E-state index contributed by atoms with van der Waals surface area (Å²) in [6.45, 7) is 3.86. The monoisotopic (exact) mass is 492 g/mol. The van der Waals surface area contributed by atoms with Crippen LogP contribution in [-0.2, 0) is 22.7 Å². The number of amides is 1. The number of carboxylic acids is 1. The van der Waals surface area contributed by atoms with Gasteiger partial charge >= 0.3 is 12.1 Å². The van der Waals surface area contributed by atoms with Gasteiger partial charge in [0.05, 0.1) is 7.11 Å². The molecule has 1 unspecified atom stereocenters. The molecule has 1 atom stereocenters. The van der Waals surface area contributed by atoms with E-state index in [4.69, 9.17) is 14.6 Å². The molecule has 2 fully saturated rings. The lowest BCUT2D eigenvalue weighted by Gasteiger charge is -2.38. The number of nitrogens with zero attached hydrogens (tertiary/aromatic N) is 2. The molecule has 0 radical (unpaired) electrons. The maximum absolute atomic E-state index is 12.7. The number of alkyl halides is 3. The van der Waals surface area contributed by atoms with Crippen molar-refractivity contribution in [1.82, 2.24) is 9.80 Å². The van der Waals surface area contributed by atoms with E-state index < -0.39 is 12.1 Å². The first kappa shape index (κ1) is 26.5. The average Bonchev–Trinajstić information content (AvgIpc) is 3.00. The molecule has 2 aliphatic rings. The molecule has 0 aromatic heterocycles. The molecule has 1 spiro atoms. The summed E-state index contributed by atoms with van der Waals surface area (Å²) in [7, 11) is 1.70. The molecule has 190 valence electrons. The molecule has 35 heavy (non-hydrogen) atoms. The Morgan fingerprint density at radius 3 is 2.20 bits per heavy atom. The molecule has 2 heterocycles. The van der Waals surface area contributed by atoms with Crippen LogP contribution in [0.15, 0.2) is 54.6 Å². The Balaban J connectivity index is 0.000000429. The van der Waals surface area contributed by atoms with Crippen molar-refractivity contribution in [3.63, 3.8) is 0 Å². The SMILES string of the molecule is COc1ccc(CN2CCCC3(CCC(=O)N3Cc3ccccc3)CC2)cc1.O=C(O)C(F)(F)F. The van der Waals surface area contributed by atoms with E-state index in [9.17, 15) is 18.0 Å². The summed E-state index contributed by atoms with van der Waals surface area (Å²) in [6, 6.07) is 18.8. The molecule has 1 N–H and O–H groups in total. The number of methoxy groups -OCH3 is 1. The van der Waals surface area contributed by atoms with Gasteiger partial charge in [-0.1, -0.05) is 42.5 Å². The molecular formula is C26H31F3N2O4. The van der Waals surface area contributed by atoms with Gasteiger partial charge in [-0.3, -0.25) is 9.69 Å². The fraction of sp³-hybridized carbons (Fsp3) is 0.462. The fourth-order valence-corrected chi connectivity index (χ4v) is 4.80. The molecule has 1 amide bonds. The van der Waals surface area contributed by atoms with E-state index in [0.29, 0.717) is 12.3 Å². The number of hydrogen-bond acceptors (Lipinski definition) is 4. The molecule has 6 nitrogen and oxygen atoms in total. The zero-order valence-electron chi connectivity index (χ0n) is 19.8. The Morgan fingerprint density at radius 2 is 1.60 bits per heavy atom. The highest BCUT2D eigenvalue weighted by molar-refractivity contribution is 5.79. The molecule has 4 rings (SSSR count). The average molecular weight is 493 g/mol. The number of halogens is 3. The number of carbonyl (C=O) groups excluding carboxylic acids is 1. The van der Waals surface area contributed by atoms with Crippen molar-refractivity contribution >= 4 is 11.9 Å². The van der Waals surface area contributed by atoms with Gasteiger partial charge in [0.15, 0.2) is 0 Å². The van der Waals surface area contributed by atoms with Crippen molar-refractivity contribution < 1.29 is 32.6 Å². The maximum atomic E-state index is 12.7. The second kappa shape index (κ2) is 11.6. The highest BCUT2D eigenvalue weighted by atomic mass is 19.4. The number of aliphatic carboxylic acids is 1. The summed E-state index contributed by atoms with van der Waals surface area (Å²) in [5.74, 6) is -1.53. The van der Waals surface area contributed by atoms with Crippen LogP contribution in [0.4, 0.5) is 13.2 Å². The van der Waals surface area contributed by atoms with Crippen molar-refractivity contribution in [1.29, 1.82) is 0 Å². The van der Waals surface area contributed by atoms with Gasteiger partial charge in [-0.05, 0) is 55.5 Å². The summed E-state index contributed by atoms with van der Waals surface area (Å²) < 4.78 is 37.0. The van der Waals surface area contributed by atoms with Crippen LogP contribution in [0.3, 0.4) is 0 Å². The third kappa shape index (κ3) is 7.21. The first-order valence-corrected chi connectivity index (χ1v) is 11.6. The minimum Gasteiger partial charge on any atom is -0.497 e. The molecular weight excluding hydrogens is 461 g/mol. The predicted octanol–water partition coefficient (Wildman–Crippen LogP) is 4.88. The van der Waals surface area contributed by atoms with E-state index >= 15 is 0 Å².